The molecule has 0 atom stereocenters. The van der Waals surface area contributed by atoms with Gasteiger partial charge in [0.1, 0.15) is 0 Å². The van der Waals surface area contributed by atoms with Gasteiger partial charge in [-0.2, -0.15) is 11.8 Å². The number of carbonyl (C=O) groups excluding carboxylic acids is 1. The van der Waals surface area contributed by atoms with Crippen molar-refractivity contribution in [1.29, 1.82) is 0 Å². The fourth-order valence-electron chi connectivity index (χ4n) is 2.95. The van der Waals surface area contributed by atoms with Gasteiger partial charge in [0.25, 0.3) is 0 Å². The molecule has 104 valence electrons. The van der Waals surface area contributed by atoms with Crippen molar-refractivity contribution < 1.29 is 9.53 Å². The lowest BCUT2D eigenvalue weighted by Crippen LogP contribution is -2.48. The number of hydrogen-bond donors (Lipinski definition) is 1. The summed E-state index contributed by atoms with van der Waals surface area (Å²) in [7, 11) is 1.78. The Morgan fingerprint density at radius 1 is 1.28 bits per heavy atom. The molecule has 2 rings (SSSR count). The van der Waals surface area contributed by atoms with Crippen LogP contribution in [0, 0.1) is 5.92 Å². The van der Waals surface area contributed by atoms with Gasteiger partial charge in [0.15, 0.2) is 0 Å². The lowest BCUT2D eigenvalue weighted by molar-refractivity contribution is -0.127. The third kappa shape index (κ3) is 3.64. The number of ether oxygens (including phenoxy) is 1. The Kier molecular flexibility index (Phi) is 5.37. The van der Waals surface area contributed by atoms with Crippen molar-refractivity contribution in [3.63, 3.8) is 0 Å². The number of hydrogen-bond acceptors (Lipinski definition) is 3. The maximum Gasteiger partial charge on any atom is 0.223 e. The molecular formula is C14H25NO2S. The Balaban J connectivity index is 1.79. The molecule has 0 aromatic heterocycles. The molecule has 18 heavy (non-hydrogen) atoms. The van der Waals surface area contributed by atoms with Gasteiger partial charge >= 0.3 is 0 Å². The molecule has 1 amide bonds. The summed E-state index contributed by atoms with van der Waals surface area (Å²) in [6, 6.07) is 0. The average molecular weight is 271 g/mol. The molecule has 0 bridgehead atoms. The summed E-state index contributed by atoms with van der Waals surface area (Å²) in [5.41, 5.74) is -0.102. The minimum absolute atomic E-state index is 0.102. The summed E-state index contributed by atoms with van der Waals surface area (Å²) in [5, 5.41) is 3.14. The Morgan fingerprint density at radius 2 is 1.94 bits per heavy atom. The molecule has 1 heterocycles. The number of rotatable bonds is 4. The number of nitrogens with one attached hydrogen (secondary N) is 1. The van der Waals surface area contributed by atoms with E-state index in [9.17, 15) is 4.79 Å². The van der Waals surface area contributed by atoms with Crippen LogP contribution in [0.3, 0.4) is 0 Å². The highest BCUT2D eigenvalue weighted by molar-refractivity contribution is 7.99. The van der Waals surface area contributed by atoms with E-state index in [1.807, 2.05) is 11.8 Å². The highest BCUT2D eigenvalue weighted by atomic mass is 32.2. The van der Waals surface area contributed by atoms with E-state index in [0.29, 0.717) is 6.54 Å². The highest BCUT2D eigenvalue weighted by Gasteiger charge is 2.33. The fourth-order valence-corrected chi connectivity index (χ4v) is 4.19. The predicted octanol–water partition coefficient (Wildman–Crippen LogP) is 2.60. The zero-order valence-electron chi connectivity index (χ0n) is 11.4. The molecule has 1 N–H and O–H groups in total. The second-order valence-corrected chi connectivity index (χ2v) is 6.78. The van der Waals surface area contributed by atoms with Gasteiger partial charge in [-0.25, -0.2) is 0 Å². The topological polar surface area (TPSA) is 38.3 Å². The molecule has 2 fully saturated rings. The summed E-state index contributed by atoms with van der Waals surface area (Å²) < 4.78 is 5.69. The summed E-state index contributed by atoms with van der Waals surface area (Å²) in [6.07, 6.45) is 7.97. The van der Waals surface area contributed by atoms with Crippen LogP contribution in [0.1, 0.15) is 44.9 Å². The van der Waals surface area contributed by atoms with Crippen LogP contribution in [0.4, 0.5) is 0 Å². The third-order valence-electron chi connectivity index (χ3n) is 4.40. The Bertz CT molecular complexity index is 271. The molecule has 4 heteroatoms. The minimum Gasteiger partial charge on any atom is -0.376 e. The zero-order valence-corrected chi connectivity index (χ0v) is 12.2. The van der Waals surface area contributed by atoms with Gasteiger partial charge in [-0.3, -0.25) is 4.79 Å². The van der Waals surface area contributed by atoms with Crippen LogP contribution in [0.15, 0.2) is 0 Å². The quantitative estimate of drug-likeness (QED) is 0.854. The first-order valence-corrected chi connectivity index (χ1v) is 8.32. The molecule has 0 radical (unpaired) electrons. The molecule has 1 aliphatic heterocycles. The molecule has 1 saturated carbocycles. The number of carbonyl (C=O) groups is 1. The molecule has 0 aromatic rings. The Morgan fingerprint density at radius 3 is 2.56 bits per heavy atom. The second kappa shape index (κ2) is 6.80. The van der Waals surface area contributed by atoms with Crippen LogP contribution < -0.4 is 5.32 Å². The van der Waals surface area contributed by atoms with Crippen LogP contribution in [0.2, 0.25) is 0 Å². The van der Waals surface area contributed by atoms with Gasteiger partial charge in [0.05, 0.1) is 5.60 Å². The van der Waals surface area contributed by atoms with Gasteiger partial charge in [0.2, 0.25) is 5.91 Å². The standard InChI is InChI=1S/C14H25NO2S/c1-17-14(7-9-18-10-8-14)11-15-13(16)12-5-3-2-4-6-12/h12H,2-11H2,1H3,(H,15,16). The molecule has 1 saturated heterocycles. The van der Waals surface area contributed by atoms with E-state index in [1.165, 1.54) is 19.3 Å². The van der Waals surface area contributed by atoms with Gasteiger partial charge in [0, 0.05) is 19.6 Å². The minimum atomic E-state index is -0.102. The van der Waals surface area contributed by atoms with Crippen molar-refractivity contribution >= 4 is 17.7 Å². The first-order chi connectivity index (χ1) is 8.76. The van der Waals surface area contributed by atoms with Crippen molar-refractivity contribution in [1.82, 2.24) is 5.32 Å². The van der Waals surface area contributed by atoms with E-state index in [1.54, 1.807) is 7.11 Å². The number of amides is 1. The maximum absolute atomic E-state index is 12.1. The Labute approximate surface area is 114 Å². The van der Waals surface area contributed by atoms with Gasteiger partial charge < -0.3 is 10.1 Å². The largest absolute Gasteiger partial charge is 0.376 e. The van der Waals surface area contributed by atoms with Crippen molar-refractivity contribution in [2.45, 2.75) is 50.5 Å². The van der Waals surface area contributed by atoms with Crippen LogP contribution in [0.25, 0.3) is 0 Å². The van der Waals surface area contributed by atoms with Gasteiger partial charge in [-0.05, 0) is 37.2 Å². The van der Waals surface area contributed by atoms with E-state index in [4.69, 9.17) is 4.74 Å². The molecule has 0 spiro atoms. The monoisotopic (exact) mass is 271 g/mol. The smallest absolute Gasteiger partial charge is 0.223 e. The molecule has 0 unspecified atom stereocenters. The summed E-state index contributed by atoms with van der Waals surface area (Å²) in [5.74, 6) is 2.80. The summed E-state index contributed by atoms with van der Waals surface area (Å²) in [4.78, 5) is 12.1. The van der Waals surface area contributed by atoms with E-state index in [-0.39, 0.29) is 17.4 Å². The lowest BCUT2D eigenvalue weighted by atomic mass is 9.88. The van der Waals surface area contributed by atoms with Crippen LogP contribution >= 0.6 is 11.8 Å². The number of thioether (sulfide) groups is 1. The predicted molar refractivity (Wildman–Crippen MR) is 75.9 cm³/mol. The van der Waals surface area contributed by atoms with Crippen LogP contribution in [-0.2, 0) is 9.53 Å². The van der Waals surface area contributed by atoms with Crippen molar-refractivity contribution in [2.24, 2.45) is 5.92 Å². The molecule has 1 aliphatic carbocycles. The average Bonchev–Trinajstić information content (AvgIpc) is 2.47. The fraction of sp³-hybridized carbons (Fsp3) is 0.929. The summed E-state index contributed by atoms with van der Waals surface area (Å²) in [6.45, 7) is 0.694. The van der Waals surface area contributed by atoms with Crippen LogP contribution in [-0.4, -0.2) is 36.7 Å². The first kappa shape index (κ1) is 14.2. The zero-order chi connectivity index (χ0) is 12.8. The lowest BCUT2D eigenvalue weighted by Gasteiger charge is -2.36. The van der Waals surface area contributed by atoms with E-state index in [2.05, 4.69) is 5.32 Å². The molecule has 2 aliphatic rings. The third-order valence-corrected chi connectivity index (χ3v) is 5.38. The second-order valence-electron chi connectivity index (χ2n) is 5.55. The van der Waals surface area contributed by atoms with Crippen molar-refractivity contribution in [3.05, 3.63) is 0 Å². The van der Waals surface area contributed by atoms with Crippen LogP contribution in [0.5, 0.6) is 0 Å². The van der Waals surface area contributed by atoms with E-state index < -0.39 is 0 Å². The first-order valence-electron chi connectivity index (χ1n) is 7.16. The van der Waals surface area contributed by atoms with Gasteiger partial charge in [-0.15, -0.1) is 0 Å². The SMILES string of the molecule is COC1(CNC(=O)C2CCCCC2)CCSCC1. The van der Waals surface area contributed by atoms with E-state index in [0.717, 1.165) is 37.2 Å². The highest BCUT2D eigenvalue weighted by Crippen LogP contribution is 2.30. The van der Waals surface area contributed by atoms with Crippen molar-refractivity contribution in [2.75, 3.05) is 25.2 Å². The summed E-state index contributed by atoms with van der Waals surface area (Å²) >= 11 is 1.98. The van der Waals surface area contributed by atoms with E-state index >= 15 is 0 Å². The molecular weight excluding hydrogens is 246 g/mol. The van der Waals surface area contributed by atoms with Gasteiger partial charge in [-0.1, -0.05) is 19.3 Å². The maximum atomic E-state index is 12.1. The molecule has 0 aromatic carbocycles. The number of methoxy groups -OCH3 is 1. The van der Waals surface area contributed by atoms with Crippen molar-refractivity contribution in [3.8, 4) is 0 Å². The molecule has 3 nitrogen and oxygen atoms in total. The normalized spacial score (nSPS) is 24.7. The Hall–Kier alpha value is -0.220.